The van der Waals surface area contributed by atoms with Crippen molar-refractivity contribution in [1.82, 2.24) is 5.32 Å². The number of unbranched alkanes of at least 4 members (excludes halogenated alkanes) is 46. The molecule has 472 valence electrons. The lowest BCUT2D eigenvalue weighted by Crippen LogP contribution is -2.45. The molecule has 0 spiro atoms. The molecule has 0 aromatic rings. The van der Waals surface area contributed by atoms with Gasteiger partial charge in [-0.25, -0.2) is 0 Å². The number of likely N-dealkylation sites (N-methyl/N-ethyl adjacent to an activating group) is 1. The highest BCUT2D eigenvalue weighted by atomic mass is 31.2. The number of allylic oxidation sites excluding steroid dienone is 7. The van der Waals surface area contributed by atoms with Crippen molar-refractivity contribution in [2.24, 2.45) is 0 Å². The number of phosphoric ester groups is 1. The minimum atomic E-state index is -4.60. The van der Waals surface area contributed by atoms with Crippen molar-refractivity contribution in [2.75, 3.05) is 40.9 Å². The van der Waals surface area contributed by atoms with Gasteiger partial charge < -0.3 is 28.8 Å². The first-order valence-electron chi connectivity index (χ1n) is 35.0. The molecule has 0 radical (unpaired) electrons. The molecule has 0 aromatic carbocycles. The van der Waals surface area contributed by atoms with E-state index >= 15 is 0 Å². The van der Waals surface area contributed by atoms with Gasteiger partial charge in [-0.2, -0.15) is 0 Å². The minimum absolute atomic E-state index is 0.000948. The Bertz CT molecular complexity index is 1440. The smallest absolute Gasteiger partial charge is 0.268 e. The van der Waals surface area contributed by atoms with Gasteiger partial charge in [0.15, 0.2) is 0 Å². The Labute approximate surface area is 499 Å². The molecule has 8 nitrogen and oxygen atoms in total. The summed E-state index contributed by atoms with van der Waals surface area (Å²) in [5, 5.41) is 13.9. The first kappa shape index (κ1) is 78.5. The predicted octanol–water partition coefficient (Wildman–Crippen LogP) is 21.6. The maximum Gasteiger partial charge on any atom is 0.268 e. The molecule has 2 N–H and O–H groups in total. The van der Waals surface area contributed by atoms with Crippen LogP contribution in [0.15, 0.2) is 48.6 Å². The van der Waals surface area contributed by atoms with E-state index in [9.17, 15) is 19.4 Å². The Morgan fingerprint density at radius 3 is 1.05 bits per heavy atom. The van der Waals surface area contributed by atoms with Gasteiger partial charge in [-0.3, -0.25) is 9.36 Å². The molecule has 80 heavy (non-hydrogen) atoms. The van der Waals surface area contributed by atoms with Gasteiger partial charge in [-0.05, 0) is 57.8 Å². The Morgan fingerprint density at radius 1 is 0.438 bits per heavy atom. The first-order chi connectivity index (χ1) is 39.0. The topological polar surface area (TPSA) is 108 Å². The number of nitrogens with zero attached hydrogens (tertiary/aromatic N) is 1. The second kappa shape index (κ2) is 62.0. The summed E-state index contributed by atoms with van der Waals surface area (Å²) in [6.45, 7) is 4.68. The molecule has 0 bridgehead atoms. The largest absolute Gasteiger partial charge is 0.756 e. The Kier molecular flexibility index (Phi) is 60.8. The van der Waals surface area contributed by atoms with Crippen LogP contribution in [0.2, 0.25) is 0 Å². The molecule has 0 heterocycles. The predicted molar refractivity (Wildman–Crippen MR) is 348 cm³/mol. The number of rotatable bonds is 65. The van der Waals surface area contributed by atoms with E-state index in [0.717, 1.165) is 51.4 Å². The van der Waals surface area contributed by atoms with Gasteiger partial charge in [0.25, 0.3) is 7.82 Å². The van der Waals surface area contributed by atoms with Crippen LogP contribution in [0.5, 0.6) is 0 Å². The number of amides is 1. The van der Waals surface area contributed by atoms with E-state index in [0.29, 0.717) is 17.4 Å². The molecule has 0 saturated carbocycles. The second-order valence-electron chi connectivity index (χ2n) is 25.2. The molecule has 3 atom stereocenters. The third kappa shape index (κ3) is 64.0. The number of aliphatic hydroxyl groups excluding tert-OH is 1. The van der Waals surface area contributed by atoms with Crippen molar-refractivity contribution < 1.29 is 32.9 Å². The lowest BCUT2D eigenvalue weighted by molar-refractivity contribution is -0.870. The van der Waals surface area contributed by atoms with E-state index in [1.165, 1.54) is 276 Å². The SMILES string of the molecule is CCCCCCC/C=C\C/C=C\C/C=C\CCCCCCCCCCCCCCCCCCCCCCCCCCCCC(=O)NC(COP(=O)([O-])OCC[N+](C)(C)C)C(O)/C=C/CCCCCCCCCCCCCCCCC. The number of carbonyl (C=O) groups is 1. The standard InChI is InChI=1S/C71H137N2O6P/c1-6-8-10-12-14-16-18-20-22-24-25-26-27-28-29-30-31-32-33-34-35-36-37-38-39-40-41-42-43-44-45-46-47-49-51-53-55-57-59-61-63-65-71(75)72-69(68-79-80(76,77)78-67-66-73(3,4)5)70(74)64-62-60-58-56-54-52-50-48-23-21-19-17-15-13-11-9-7-2/h18,20,24-25,27-28,62,64,69-70,74H,6-17,19,21-23,26,29-61,63,65-68H2,1-5H3,(H-,72,75,76,77)/b20-18-,25-24-,28-27-,64-62+. The fourth-order valence-electron chi connectivity index (χ4n) is 10.6. The molecule has 1 amide bonds. The Hall–Kier alpha value is -1.54. The lowest BCUT2D eigenvalue weighted by Gasteiger charge is -2.29. The third-order valence-corrected chi connectivity index (χ3v) is 17.0. The zero-order chi connectivity index (χ0) is 58.4. The highest BCUT2D eigenvalue weighted by molar-refractivity contribution is 7.45. The summed E-state index contributed by atoms with van der Waals surface area (Å²) < 4.78 is 23.4. The number of aliphatic hydroxyl groups is 1. The van der Waals surface area contributed by atoms with Crippen LogP contribution in [-0.2, 0) is 18.4 Å². The zero-order valence-electron chi connectivity index (χ0n) is 54.0. The van der Waals surface area contributed by atoms with Crippen molar-refractivity contribution in [2.45, 2.75) is 360 Å². The van der Waals surface area contributed by atoms with Crippen molar-refractivity contribution >= 4 is 13.7 Å². The van der Waals surface area contributed by atoms with Crippen LogP contribution in [0, 0.1) is 0 Å². The molecule has 0 aliphatic rings. The maximum atomic E-state index is 13.0. The van der Waals surface area contributed by atoms with E-state index in [1.54, 1.807) is 6.08 Å². The van der Waals surface area contributed by atoms with Crippen LogP contribution in [0.4, 0.5) is 0 Å². The quantitative estimate of drug-likeness (QED) is 0.0272. The van der Waals surface area contributed by atoms with Gasteiger partial charge >= 0.3 is 0 Å². The van der Waals surface area contributed by atoms with Crippen molar-refractivity contribution in [1.29, 1.82) is 0 Å². The number of nitrogens with one attached hydrogen (secondary N) is 1. The van der Waals surface area contributed by atoms with Gasteiger partial charge in [0.2, 0.25) is 5.91 Å². The van der Waals surface area contributed by atoms with Gasteiger partial charge in [0.1, 0.15) is 13.2 Å². The lowest BCUT2D eigenvalue weighted by atomic mass is 10.0. The van der Waals surface area contributed by atoms with Crippen LogP contribution in [0.3, 0.4) is 0 Å². The molecule has 0 aliphatic carbocycles. The minimum Gasteiger partial charge on any atom is -0.756 e. The van der Waals surface area contributed by atoms with Crippen LogP contribution in [-0.4, -0.2) is 68.5 Å². The van der Waals surface area contributed by atoms with E-state index < -0.39 is 20.0 Å². The van der Waals surface area contributed by atoms with Crippen molar-refractivity contribution in [3.05, 3.63) is 48.6 Å². The number of hydrogen-bond acceptors (Lipinski definition) is 6. The van der Waals surface area contributed by atoms with Crippen LogP contribution in [0.1, 0.15) is 348 Å². The Morgan fingerprint density at radius 2 is 0.725 bits per heavy atom. The molecule has 0 saturated heterocycles. The normalized spacial score (nSPS) is 13.9. The first-order valence-corrected chi connectivity index (χ1v) is 36.5. The average Bonchev–Trinajstić information content (AvgIpc) is 3.42. The monoisotopic (exact) mass is 1150 g/mol. The molecular weight excluding hydrogens is 1010 g/mol. The second-order valence-corrected chi connectivity index (χ2v) is 26.7. The summed E-state index contributed by atoms with van der Waals surface area (Å²) >= 11 is 0. The van der Waals surface area contributed by atoms with Gasteiger partial charge in [-0.1, -0.05) is 332 Å². The number of hydrogen-bond donors (Lipinski definition) is 2. The Balaban J connectivity index is 3.89. The molecule has 0 rings (SSSR count). The molecule has 0 aliphatic heterocycles. The summed E-state index contributed by atoms with van der Waals surface area (Å²) in [6.07, 6.45) is 83.9. The number of quaternary nitrogens is 1. The van der Waals surface area contributed by atoms with E-state index in [4.69, 9.17) is 9.05 Å². The summed E-state index contributed by atoms with van der Waals surface area (Å²) in [5.41, 5.74) is 0. The fourth-order valence-corrected chi connectivity index (χ4v) is 11.3. The molecular formula is C71H137N2O6P. The summed E-state index contributed by atoms with van der Waals surface area (Å²) in [4.78, 5) is 25.6. The van der Waals surface area contributed by atoms with Crippen molar-refractivity contribution in [3.63, 3.8) is 0 Å². The van der Waals surface area contributed by atoms with E-state index in [2.05, 4.69) is 55.6 Å². The van der Waals surface area contributed by atoms with Crippen LogP contribution >= 0.6 is 7.82 Å². The highest BCUT2D eigenvalue weighted by Crippen LogP contribution is 2.38. The maximum absolute atomic E-state index is 13.0. The van der Waals surface area contributed by atoms with Gasteiger partial charge in [0.05, 0.1) is 39.9 Å². The molecule has 3 unspecified atom stereocenters. The molecule has 0 fully saturated rings. The number of carbonyl (C=O) groups excluding carboxylic acids is 1. The van der Waals surface area contributed by atoms with Crippen molar-refractivity contribution in [3.8, 4) is 0 Å². The van der Waals surface area contributed by atoms with Crippen LogP contribution in [0.25, 0.3) is 0 Å². The van der Waals surface area contributed by atoms with Gasteiger partial charge in [0, 0.05) is 6.42 Å². The van der Waals surface area contributed by atoms with E-state index in [-0.39, 0.29) is 19.1 Å². The zero-order valence-corrected chi connectivity index (χ0v) is 54.9. The molecule has 0 aromatic heterocycles. The molecule has 9 heteroatoms. The summed E-state index contributed by atoms with van der Waals surface area (Å²) in [6, 6.07) is -0.885. The van der Waals surface area contributed by atoms with Gasteiger partial charge in [-0.15, -0.1) is 0 Å². The summed E-state index contributed by atoms with van der Waals surface area (Å²) in [5.74, 6) is -0.191. The van der Waals surface area contributed by atoms with Crippen LogP contribution < -0.4 is 10.2 Å². The number of phosphoric acid groups is 1. The van der Waals surface area contributed by atoms with E-state index in [1.807, 2.05) is 27.2 Å². The summed E-state index contributed by atoms with van der Waals surface area (Å²) in [7, 11) is 1.28. The highest BCUT2D eigenvalue weighted by Gasteiger charge is 2.23. The fraction of sp³-hybridized carbons (Fsp3) is 0.873. The average molecular weight is 1150 g/mol. The third-order valence-electron chi connectivity index (χ3n) is 16.0.